The molecule has 1 aromatic rings. The number of aliphatic hydroxyl groups excluding tert-OH is 1. The van der Waals surface area contributed by atoms with Gasteiger partial charge in [-0.3, -0.25) is 0 Å². The lowest BCUT2D eigenvalue weighted by molar-refractivity contribution is 0.151. The molecule has 0 aromatic heterocycles. The SMILES string of the molecule is N[C@H](CO)c1ccc(C(F)F)cc1. The molecule has 13 heavy (non-hydrogen) atoms. The van der Waals surface area contributed by atoms with Crippen LogP contribution >= 0.6 is 0 Å². The van der Waals surface area contributed by atoms with E-state index in [-0.39, 0.29) is 12.2 Å². The minimum absolute atomic E-state index is 0.0334. The summed E-state index contributed by atoms with van der Waals surface area (Å²) in [6.45, 7) is -0.186. The van der Waals surface area contributed by atoms with Gasteiger partial charge >= 0.3 is 0 Å². The van der Waals surface area contributed by atoms with Crippen molar-refractivity contribution in [3.8, 4) is 0 Å². The molecule has 0 aliphatic heterocycles. The molecule has 2 nitrogen and oxygen atoms in total. The van der Waals surface area contributed by atoms with E-state index in [1.165, 1.54) is 24.3 Å². The van der Waals surface area contributed by atoms with Crippen molar-refractivity contribution < 1.29 is 13.9 Å². The van der Waals surface area contributed by atoms with Gasteiger partial charge in [0.05, 0.1) is 12.6 Å². The Morgan fingerprint density at radius 1 is 1.15 bits per heavy atom. The van der Waals surface area contributed by atoms with Crippen LogP contribution in [0.2, 0.25) is 0 Å². The van der Waals surface area contributed by atoms with Crippen molar-refractivity contribution in [2.75, 3.05) is 6.61 Å². The average molecular weight is 187 g/mol. The van der Waals surface area contributed by atoms with E-state index in [2.05, 4.69) is 0 Å². The Kier molecular flexibility index (Phi) is 3.33. The van der Waals surface area contributed by atoms with Crippen LogP contribution in [0, 0.1) is 0 Å². The fourth-order valence-electron chi connectivity index (χ4n) is 0.994. The molecule has 1 aromatic carbocycles. The van der Waals surface area contributed by atoms with Gasteiger partial charge in [-0.25, -0.2) is 8.78 Å². The van der Waals surface area contributed by atoms with E-state index in [1.54, 1.807) is 0 Å². The Morgan fingerprint density at radius 3 is 2.00 bits per heavy atom. The van der Waals surface area contributed by atoms with Crippen molar-refractivity contribution in [3.05, 3.63) is 35.4 Å². The Morgan fingerprint density at radius 2 is 1.62 bits per heavy atom. The molecule has 1 rings (SSSR count). The van der Waals surface area contributed by atoms with Crippen molar-refractivity contribution in [3.63, 3.8) is 0 Å². The van der Waals surface area contributed by atoms with Gasteiger partial charge in [0, 0.05) is 5.56 Å². The van der Waals surface area contributed by atoms with E-state index in [0.29, 0.717) is 5.56 Å². The summed E-state index contributed by atoms with van der Waals surface area (Å²) < 4.78 is 24.2. The molecule has 4 heteroatoms. The Hall–Kier alpha value is -1.00. The highest BCUT2D eigenvalue weighted by atomic mass is 19.3. The van der Waals surface area contributed by atoms with E-state index in [4.69, 9.17) is 10.8 Å². The number of rotatable bonds is 3. The van der Waals surface area contributed by atoms with Crippen LogP contribution in [0.15, 0.2) is 24.3 Å². The smallest absolute Gasteiger partial charge is 0.263 e. The lowest BCUT2D eigenvalue weighted by atomic mass is 10.1. The van der Waals surface area contributed by atoms with Crippen LogP contribution in [-0.4, -0.2) is 11.7 Å². The number of hydrogen-bond donors (Lipinski definition) is 2. The molecule has 0 radical (unpaired) electrons. The minimum Gasteiger partial charge on any atom is -0.394 e. The fraction of sp³-hybridized carbons (Fsp3) is 0.333. The van der Waals surface area contributed by atoms with Crippen molar-refractivity contribution in [2.24, 2.45) is 5.73 Å². The second-order valence-corrected chi connectivity index (χ2v) is 2.76. The van der Waals surface area contributed by atoms with Crippen LogP contribution in [0.1, 0.15) is 23.6 Å². The van der Waals surface area contributed by atoms with Crippen molar-refractivity contribution in [1.82, 2.24) is 0 Å². The molecule has 0 amide bonds. The summed E-state index contributed by atoms with van der Waals surface area (Å²) in [6.07, 6.45) is -2.46. The predicted octanol–water partition coefficient (Wildman–Crippen LogP) is 1.62. The van der Waals surface area contributed by atoms with Crippen LogP contribution in [0.25, 0.3) is 0 Å². The summed E-state index contributed by atoms with van der Waals surface area (Å²) in [7, 11) is 0. The first-order valence-electron chi connectivity index (χ1n) is 3.89. The quantitative estimate of drug-likeness (QED) is 0.755. The van der Waals surface area contributed by atoms with Crippen LogP contribution in [0.4, 0.5) is 8.78 Å². The van der Waals surface area contributed by atoms with Gasteiger partial charge in [-0.15, -0.1) is 0 Å². The summed E-state index contributed by atoms with van der Waals surface area (Å²) in [5, 5.41) is 8.69. The van der Waals surface area contributed by atoms with E-state index >= 15 is 0 Å². The number of aliphatic hydroxyl groups is 1. The molecule has 0 bridgehead atoms. The Labute approximate surface area is 75.0 Å². The van der Waals surface area contributed by atoms with E-state index in [0.717, 1.165) is 0 Å². The maximum absolute atomic E-state index is 12.1. The first-order chi connectivity index (χ1) is 6.15. The van der Waals surface area contributed by atoms with Gasteiger partial charge in [0.2, 0.25) is 0 Å². The Balaban J connectivity index is 2.81. The van der Waals surface area contributed by atoms with Gasteiger partial charge < -0.3 is 10.8 Å². The number of nitrogens with two attached hydrogens (primary N) is 1. The van der Waals surface area contributed by atoms with Crippen LogP contribution in [0.5, 0.6) is 0 Å². The Bertz CT molecular complexity index is 261. The highest BCUT2D eigenvalue weighted by molar-refractivity contribution is 5.25. The largest absolute Gasteiger partial charge is 0.394 e. The first kappa shape index (κ1) is 10.1. The highest BCUT2D eigenvalue weighted by Crippen LogP contribution is 2.20. The molecule has 0 spiro atoms. The zero-order valence-corrected chi connectivity index (χ0v) is 6.95. The van der Waals surface area contributed by atoms with Crippen LogP contribution < -0.4 is 5.73 Å². The van der Waals surface area contributed by atoms with Gasteiger partial charge in [-0.1, -0.05) is 24.3 Å². The fourth-order valence-corrected chi connectivity index (χ4v) is 0.994. The summed E-state index contributed by atoms with van der Waals surface area (Å²) >= 11 is 0. The molecule has 3 N–H and O–H groups in total. The third-order valence-electron chi connectivity index (χ3n) is 1.81. The lowest BCUT2D eigenvalue weighted by Gasteiger charge is -2.08. The average Bonchev–Trinajstić information content (AvgIpc) is 2.17. The zero-order valence-electron chi connectivity index (χ0n) is 6.95. The molecule has 0 unspecified atom stereocenters. The molecule has 0 heterocycles. The van der Waals surface area contributed by atoms with Crippen molar-refractivity contribution in [2.45, 2.75) is 12.5 Å². The zero-order chi connectivity index (χ0) is 9.84. The van der Waals surface area contributed by atoms with E-state index < -0.39 is 12.5 Å². The number of alkyl halides is 2. The maximum Gasteiger partial charge on any atom is 0.263 e. The van der Waals surface area contributed by atoms with E-state index in [1.807, 2.05) is 0 Å². The minimum atomic E-state index is -2.46. The van der Waals surface area contributed by atoms with Gasteiger partial charge in [-0.2, -0.15) is 0 Å². The molecular weight excluding hydrogens is 176 g/mol. The highest BCUT2D eigenvalue weighted by Gasteiger charge is 2.08. The normalized spacial score (nSPS) is 13.3. The maximum atomic E-state index is 12.1. The second-order valence-electron chi connectivity index (χ2n) is 2.76. The van der Waals surface area contributed by atoms with Gasteiger partial charge in [-0.05, 0) is 5.56 Å². The predicted molar refractivity (Wildman–Crippen MR) is 45.4 cm³/mol. The third-order valence-corrected chi connectivity index (χ3v) is 1.81. The number of hydrogen-bond acceptors (Lipinski definition) is 2. The number of halogens is 2. The van der Waals surface area contributed by atoms with Crippen molar-refractivity contribution in [1.29, 1.82) is 0 Å². The molecule has 72 valence electrons. The summed E-state index contributed by atoms with van der Waals surface area (Å²) in [4.78, 5) is 0. The summed E-state index contributed by atoms with van der Waals surface area (Å²) in [5.41, 5.74) is 6.11. The topological polar surface area (TPSA) is 46.2 Å². The standard InChI is InChI=1S/C9H11F2NO/c10-9(11)7-3-1-6(2-4-7)8(12)5-13/h1-4,8-9,13H,5,12H2/t8-/m1/s1. The van der Waals surface area contributed by atoms with Crippen LogP contribution in [-0.2, 0) is 0 Å². The molecule has 0 aliphatic carbocycles. The first-order valence-corrected chi connectivity index (χ1v) is 3.89. The molecule has 0 saturated heterocycles. The summed E-state index contributed by atoms with van der Waals surface area (Å²) in [6, 6.07) is 5.14. The molecular formula is C9H11F2NO. The number of benzene rings is 1. The van der Waals surface area contributed by atoms with Gasteiger partial charge in [0.1, 0.15) is 0 Å². The van der Waals surface area contributed by atoms with Crippen LogP contribution in [0.3, 0.4) is 0 Å². The van der Waals surface area contributed by atoms with Gasteiger partial charge in [0.15, 0.2) is 0 Å². The molecule has 1 atom stereocenters. The lowest BCUT2D eigenvalue weighted by Crippen LogP contribution is -2.14. The molecule has 0 saturated carbocycles. The molecule has 0 fully saturated rings. The van der Waals surface area contributed by atoms with E-state index in [9.17, 15) is 8.78 Å². The summed E-state index contributed by atoms with van der Waals surface area (Å²) in [5.74, 6) is 0. The molecule has 0 aliphatic rings. The monoisotopic (exact) mass is 187 g/mol. The second kappa shape index (κ2) is 4.30. The third kappa shape index (κ3) is 2.47. The van der Waals surface area contributed by atoms with Crippen molar-refractivity contribution >= 4 is 0 Å². The van der Waals surface area contributed by atoms with Gasteiger partial charge in [0.25, 0.3) is 6.43 Å².